The minimum atomic E-state index is -4.22. The van der Waals surface area contributed by atoms with Crippen molar-refractivity contribution in [2.75, 3.05) is 12.9 Å². The molecule has 1 rings (SSSR count). The molecular formula is C12H16FNO5S2. The average molecular weight is 337 g/mol. The first-order valence-corrected chi connectivity index (χ1v) is 8.69. The van der Waals surface area contributed by atoms with E-state index >= 15 is 0 Å². The quantitative estimate of drug-likeness (QED) is 0.683. The standard InChI is InChI=1S/C12H16FNO5S2/c1-7(10(6-15)20-2)14-21(18,19)11-5-8(12(16)17)3-4-9(11)13/h3-5,7,10,14-15H,6H2,1-2H3,(H,16,17). The molecule has 0 saturated carbocycles. The highest BCUT2D eigenvalue weighted by Crippen LogP contribution is 2.19. The molecule has 0 fully saturated rings. The van der Waals surface area contributed by atoms with E-state index in [1.54, 1.807) is 6.26 Å². The Balaban J connectivity index is 3.13. The second-order valence-electron chi connectivity index (χ2n) is 4.32. The Labute approximate surface area is 126 Å². The van der Waals surface area contributed by atoms with Crippen LogP contribution in [-0.4, -0.2) is 48.8 Å². The van der Waals surface area contributed by atoms with Crippen molar-refractivity contribution in [3.63, 3.8) is 0 Å². The zero-order chi connectivity index (χ0) is 16.2. The van der Waals surface area contributed by atoms with Crippen LogP contribution in [-0.2, 0) is 10.0 Å². The number of halogens is 1. The van der Waals surface area contributed by atoms with Crippen molar-refractivity contribution in [3.05, 3.63) is 29.6 Å². The molecule has 21 heavy (non-hydrogen) atoms. The molecule has 0 radical (unpaired) electrons. The molecule has 0 aliphatic heterocycles. The third-order valence-corrected chi connectivity index (χ3v) is 5.59. The van der Waals surface area contributed by atoms with Gasteiger partial charge >= 0.3 is 5.97 Å². The summed E-state index contributed by atoms with van der Waals surface area (Å²) in [6, 6.07) is 1.89. The topological polar surface area (TPSA) is 104 Å². The molecule has 2 unspecified atom stereocenters. The van der Waals surface area contributed by atoms with Gasteiger partial charge in [-0.25, -0.2) is 22.3 Å². The minimum absolute atomic E-state index is 0.248. The Hall–Kier alpha value is -1.16. The van der Waals surface area contributed by atoms with E-state index in [4.69, 9.17) is 10.2 Å². The van der Waals surface area contributed by atoms with E-state index in [-0.39, 0.29) is 12.2 Å². The Kier molecular flexibility index (Phi) is 6.14. The molecule has 1 aromatic rings. The van der Waals surface area contributed by atoms with E-state index < -0.39 is 38.0 Å². The van der Waals surface area contributed by atoms with Crippen molar-refractivity contribution in [1.82, 2.24) is 4.72 Å². The van der Waals surface area contributed by atoms with Gasteiger partial charge in [-0.3, -0.25) is 0 Å². The number of hydrogen-bond acceptors (Lipinski definition) is 5. The molecule has 0 saturated heterocycles. The van der Waals surface area contributed by atoms with E-state index in [9.17, 15) is 17.6 Å². The van der Waals surface area contributed by atoms with Gasteiger partial charge in [-0.15, -0.1) is 0 Å². The van der Waals surface area contributed by atoms with Crippen LogP contribution in [0.5, 0.6) is 0 Å². The van der Waals surface area contributed by atoms with Crippen LogP contribution in [0.4, 0.5) is 4.39 Å². The van der Waals surface area contributed by atoms with Crippen LogP contribution >= 0.6 is 11.8 Å². The summed E-state index contributed by atoms with van der Waals surface area (Å²) in [6.45, 7) is 1.29. The summed E-state index contributed by atoms with van der Waals surface area (Å²) < 4.78 is 40.2. The third-order valence-electron chi connectivity index (χ3n) is 2.85. The lowest BCUT2D eigenvalue weighted by atomic mass is 10.2. The van der Waals surface area contributed by atoms with Crippen LogP contribution in [0.2, 0.25) is 0 Å². The first-order valence-electron chi connectivity index (χ1n) is 5.91. The highest BCUT2D eigenvalue weighted by molar-refractivity contribution is 7.99. The molecule has 3 N–H and O–H groups in total. The maximum absolute atomic E-state index is 13.7. The number of carboxylic acids is 1. The van der Waals surface area contributed by atoms with E-state index in [0.717, 1.165) is 18.2 Å². The number of carbonyl (C=O) groups is 1. The molecular weight excluding hydrogens is 321 g/mol. The predicted octanol–water partition coefficient (Wildman–Crippen LogP) is 0.915. The molecule has 0 amide bonds. The number of hydrogen-bond donors (Lipinski definition) is 3. The first kappa shape index (κ1) is 17.9. The summed E-state index contributed by atoms with van der Waals surface area (Å²) in [5.41, 5.74) is -0.326. The second-order valence-corrected chi connectivity index (χ2v) is 7.08. The molecule has 1 aromatic carbocycles. The molecule has 0 heterocycles. The van der Waals surface area contributed by atoms with Crippen molar-refractivity contribution in [2.45, 2.75) is 23.1 Å². The van der Waals surface area contributed by atoms with Crippen LogP contribution in [0.1, 0.15) is 17.3 Å². The second kappa shape index (κ2) is 7.21. The van der Waals surface area contributed by atoms with E-state index in [0.29, 0.717) is 0 Å². The van der Waals surface area contributed by atoms with Crippen LogP contribution in [0.25, 0.3) is 0 Å². The smallest absolute Gasteiger partial charge is 0.335 e. The lowest BCUT2D eigenvalue weighted by Gasteiger charge is -2.21. The zero-order valence-corrected chi connectivity index (χ0v) is 13.0. The van der Waals surface area contributed by atoms with Gasteiger partial charge in [-0.05, 0) is 31.4 Å². The number of benzene rings is 1. The van der Waals surface area contributed by atoms with Gasteiger partial charge in [0.1, 0.15) is 10.7 Å². The van der Waals surface area contributed by atoms with Gasteiger partial charge < -0.3 is 10.2 Å². The molecule has 0 bridgehead atoms. The Bertz CT molecular complexity index is 616. The minimum Gasteiger partial charge on any atom is -0.478 e. The lowest BCUT2D eigenvalue weighted by Crippen LogP contribution is -2.41. The van der Waals surface area contributed by atoms with Crippen molar-refractivity contribution in [1.29, 1.82) is 0 Å². The molecule has 0 aliphatic carbocycles. The van der Waals surface area contributed by atoms with Gasteiger partial charge in [0.2, 0.25) is 10.0 Å². The maximum Gasteiger partial charge on any atom is 0.335 e. The highest BCUT2D eigenvalue weighted by atomic mass is 32.2. The molecule has 9 heteroatoms. The number of nitrogens with one attached hydrogen (secondary N) is 1. The monoisotopic (exact) mass is 337 g/mol. The first-order chi connectivity index (χ1) is 9.72. The summed E-state index contributed by atoms with van der Waals surface area (Å²) >= 11 is 1.26. The number of aliphatic hydroxyl groups excluding tert-OH is 1. The van der Waals surface area contributed by atoms with Crippen molar-refractivity contribution < 1.29 is 27.8 Å². The van der Waals surface area contributed by atoms with Crippen molar-refractivity contribution in [3.8, 4) is 0 Å². The fraction of sp³-hybridized carbons (Fsp3) is 0.417. The molecule has 6 nitrogen and oxygen atoms in total. The van der Waals surface area contributed by atoms with Crippen molar-refractivity contribution >= 4 is 27.8 Å². The number of rotatable bonds is 7. The van der Waals surface area contributed by atoms with Crippen LogP contribution in [0.15, 0.2) is 23.1 Å². The van der Waals surface area contributed by atoms with Gasteiger partial charge in [-0.1, -0.05) is 0 Å². The summed E-state index contributed by atoms with van der Waals surface area (Å²) in [5, 5.41) is 17.6. The maximum atomic E-state index is 13.7. The Morgan fingerprint density at radius 3 is 2.57 bits per heavy atom. The fourth-order valence-corrected chi connectivity index (χ4v) is 3.76. The normalized spacial score (nSPS) is 14.7. The van der Waals surface area contributed by atoms with Gasteiger partial charge in [0.05, 0.1) is 12.2 Å². The zero-order valence-electron chi connectivity index (χ0n) is 11.4. The van der Waals surface area contributed by atoms with Gasteiger partial charge in [0.15, 0.2) is 0 Å². The fourth-order valence-electron chi connectivity index (χ4n) is 1.66. The van der Waals surface area contributed by atoms with Crippen molar-refractivity contribution in [2.24, 2.45) is 0 Å². The largest absolute Gasteiger partial charge is 0.478 e. The van der Waals surface area contributed by atoms with Gasteiger partial charge in [-0.2, -0.15) is 11.8 Å². The molecule has 0 spiro atoms. The number of aromatic carboxylic acids is 1. The molecule has 118 valence electrons. The van der Waals surface area contributed by atoms with Gasteiger partial charge in [0.25, 0.3) is 0 Å². The number of sulfonamides is 1. The third kappa shape index (κ3) is 4.40. The number of thioether (sulfide) groups is 1. The molecule has 0 aliphatic rings. The van der Waals surface area contributed by atoms with E-state index in [2.05, 4.69) is 4.72 Å². The highest BCUT2D eigenvalue weighted by Gasteiger charge is 2.26. The predicted molar refractivity (Wildman–Crippen MR) is 77.5 cm³/mol. The summed E-state index contributed by atoms with van der Waals surface area (Å²) in [7, 11) is -4.22. The summed E-state index contributed by atoms with van der Waals surface area (Å²) in [4.78, 5) is 10.1. The number of carboxylic acid groups (broad SMARTS) is 1. The van der Waals surface area contributed by atoms with Crippen LogP contribution < -0.4 is 4.72 Å². The van der Waals surface area contributed by atoms with Crippen LogP contribution in [0.3, 0.4) is 0 Å². The van der Waals surface area contributed by atoms with E-state index in [1.807, 2.05) is 0 Å². The average Bonchev–Trinajstić information content (AvgIpc) is 2.39. The van der Waals surface area contributed by atoms with E-state index in [1.165, 1.54) is 18.7 Å². The Morgan fingerprint density at radius 1 is 1.48 bits per heavy atom. The SMILES string of the molecule is CSC(CO)C(C)NS(=O)(=O)c1cc(C(=O)O)ccc1F. The number of aliphatic hydroxyl groups is 1. The lowest BCUT2D eigenvalue weighted by molar-refractivity contribution is 0.0696. The summed E-state index contributed by atoms with van der Waals surface area (Å²) in [6.07, 6.45) is 1.71. The molecule has 0 aromatic heterocycles. The molecule has 2 atom stereocenters. The summed E-state index contributed by atoms with van der Waals surface area (Å²) in [5.74, 6) is -2.39. The van der Waals surface area contributed by atoms with Crippen LogP contribution in [0, 0.1) is 5.82 Å². The van der Waals surface area contributed by atoms with Gasteiger partial charge in [0, 0.05) is 11.3 Å². The Morgan fingerprint density at radius 2 is 2.10 bits per heavy atom.